The second kappa shape index (κ2) is 6.22. The van der Waals surface area contributed by atoms with Gasteiger partial charge in [-0.1, -0.05) is 12.8 Å². The number of methoxy groups -OCH3 is 1. The van der Waals surface area contributed by atoms with Gasteiger partial charge in [0.25, 0.3) is 0 Å². The van der Waals surface area contributed by atoms with E-state index < -0.39 is 6.09 Å². The number of hydrogen-bond donors (Lipinski definition) is 2. The molecular formula is C15H25N3O3. The zero-order valence-electron chi connectivity index (χ0n) is 12.6. The van der Waals surface area contributed by atoms with E-state index >= 15 is 0 Å². The van der Waals surface area contributed by atoms with Gasteiger partial charge in [0.15, 0.2) is 0 Å². The number of amides is 2. The van der Waals surface area contributed by atoms with Crippen LogP contribution in [0.2, 0.25) is 0 Å². The van der Waals surface area contributed by atoms with E-state index in [9.17, 15) is 9.59 Å². The van der Waals surface area contributed by atoms with Crippen molar-refractivity contribution in [3.63, 3.8) is 0 Å². The molecule has 2 aliphatic heterocycles. The van der Waals surface area contributed by atoms with Crippen molar-refractivity contribution in [3.8, 4) is 0 Å². The standard InChI is InChI=1S/C15H25N3O3/c1-21-15(20)16-11-6-7-18(9-11)14(19)13-8-10-4-2-3-5-12(10)17-13/h10-13,17H,2-9H2,1H3,(H,16,20). The number of ether oxygens (including phenoxy) is 1. The highest BCUT2D eigenvalue weighted by Crippen LogP contribution is 2.33. The average molecular weight is 295 g/mol. The molecule has 21 heavy (non-hydrogen) atoms. The van der Waals surface area contributed by atoms with Gasteiger partial charge in [-0.05, 0) is 31.6 Å². The third-order valence-electron chi connectivity index (χ3n) is 5.17. The van der Waals surface area contributed by atoms with E-state index in [1.54, 1.807) is 0 Å². The minimum absolute atomic E-state index is 0.0185. The SMILES string of the molecule is COC(=O)NC1CCN(C(=O)C2CC3CCCCC3N2)C1. The van der Waals surface area contributed by atoms with Crippen molar-refractivity contribution in [2.45, 2.75) is 56.7 Å². The Morgan fingerprint density at radius 3 is 2.81 bits per heavy atom. The Balaban J connectivity index is 1.51. The van der Waals surface area contributed by atoms with Crippen LogP contribution in [0.1, 0.15) is 38.5 Å². The molecule has 0 aromatic rings. The van der Waals surface area contributed by atoms with Crippen LogP contribution in [-0.4, -0.2) is 55.2 Å². The number of nitrogens with one attached hydrogen (secondary N) is 2. The normalized spacial score (nSPS) is 35.4. The fourth-order valence-corrected chi connectivity index (χ4v) is 4.03. The molecule has 2 heterocycles. The van der Waals surface area contributed by atoms with E-state index in [1.807, 2.05) is 4.90 Å². The number of alkyl carbamates (subject to hydrolysis) is 1. The number of likely N-dealkylation sites (tertiary alicyclic amines) is 1. The first-order valence-corrected chi connectivity index (χ1v) is 8.06. The second-order valence-corrected chi connectivity index (χ2v) is 6.51. The zero-order valence-corrected chi connectivity index (χ0v) is 12.6. The van der Waals surface area contributed by atoms with Crippen LogP contribution < -0.4 is 10.6 Å². The first kappa shape index (κ1) is 14.6. The fourth-order valence-electron chi connectivity index (χ4n) is 4.03. The smallest absolute Gasteiger partial charge is 0.407 e. The van der Waals surface area contributed by atoms with Crippen molar-refractivity contribution in [2.75, 3.05) is 20.2 Å². The summed E-state index contributed by atoms with van der Waals surface area (Å²) < 4.78 is 4.61. The van der Waals surface area contributed by atoms with Crippen LogP contribution >= 0.6 is 0 Å². The lowest BCUT2D eigenvalue weighted by Crippen LogP contribution is -2.46. The molecule has 0 aromatic heterocycles. The number of hydrogen-bond acceptors (Lipinski definition) is 4. The molecule has 3 aliphatic rings. The number of fused-ring (bicyclic) bond motifs is 1. The molecule has 2 amide bonds. The van der Waals surface area contributed by atoms with Crippen LogP contribution in [-0.2, 0) is 9.53 Å². The first-order valence-electron chi connectivity index (χ1n) is 8.06. The summed E-state index contributed by atoms with van der Waals surface area (Å²) in [4.78, 5) is 25.7. The molecule has 3 fully saturated rings. The van der Waals surface area contributed by atoms with Crippen molar-refractivity contribution in [2.24, 2.45) is 5.92 Å². The monoisotopic (exact) mass is 295 g/mol. The van der Waals surface area contributed by atoms with Crippen molar-refractivity contribution >= 4 is 12.0 Å². The number of carbonyl (C=O) groups excluding carboxylic acids is 2. The van der Waals surface area contributed by atoms with Crippen LogP contribution in [0.3, 0.4) is 0 Å². The Morgan fingerprint density at radius 2 is 2.05 bits per heavy atom. The number of nitrogens with zero attached hydrogens (tertiary/aromatic N) is 1. The van der Waals surface area contributed by atoms with Gasteiger partial charge >= 0.3 is 6.09 Å². The second-order valence-electron chi connectivity index (χ2n) is 6.51. The Hall–Kier alpha value is -1.30. The maximum atomic E-state index is 12.6. The average Bonchev–Trinajstić information content (AvgIpc) is 3.12. The molecule has 3 rings (SSSR count). The maximum Gasteiger partial charge on any atom is 0.407 e. The molecular weight excluding hydrogens is 270 g/mol. The third-order valence-corrected chi connectivity index (χ3v) is 5.17. The van der Waals surface area contributed by atoms with Gasteiger partial charge in [-0.25, -0.2) is 4.79 Å². The van der Waals surface area contributed by atoms with Gasteiger partial charge in [0.05, 0.1) is 19.2 Å². The van der Waals surface area contributed by atoms with E-state index in [1.165, 1.54) is 32.8 Å². The van der Waals surface area contributed by atoms with E-state index in [0.29, 0.717) is 18.5 Å². The Labute approximate surface area is 125 Å². The molecule has 0 aromatic carbocycles. The molecule has 0 bridgehead atoms. The van der Waals surface area contributed by atoms with Gasteiger partial charge in [-0.3, -0.25) is 4.79 Å². The van der Waals surface area contributed by atoms with Crippen molar-refractivity contribution in [1.82, 2.24) is 15.5 Å². The van der Waals surface area contributed by atoms with Gasteiger partial charge < -0.3 is 20.3 Å². The summed E-state index contributed by atoms with van der Waals surface area (Å²) in [5.41, 5.74) is 0. The number of rotatable bonds is 2. The third kappa shape index (κ3) is 3.15. The predicted octanol–water partition coefficient (Wildman–Crippen LogP) is 0.864. The van der Waals surface area contributed by atoms with E-state index in [4.69, 9.17) is 0 Å². The van der Waals surface area contributed by atoms with Crippen LogP contribution in [0.4, 0.5) is 4.79 Å². The molecule has 4 atom stereocenters. The van der Waals surface area contributed by atoms with Crippen LogP contribution in [0.5, 0.6) is 0 Å². The molecule has 6 nitrogen and oxygen atoms in total. The summed E-state index contributed by atoms with van der Waals surface area (Å²) in [5.74, 6) is 0.887. The molecule has 6 heteroatoms. The van der Waals surface area contributed by atoms with Crippen LogP contribution in [0, 0.1) is 5.92 Å². The topological polar surface area (TPSA) is 70.7 Å². The van der Waals surface area contributed by atoms with E-state index in [0.717, 1.165) is 19.4 Å². The minimum atomic E-state index is -0.417. The molecule has 0 radical (unpaired) electrons. The quantitative estimate of drug-likeness (QED) is 0.793. The molecule has 1 aliphatic carbocycles. The minimum Gasteiger partial charge on any atom is -0.453 e. The summed E-state index contributed by atoms with van der Waals surface area (Å²) in [7, 11) is 1.36. The Bertz CT molecular complexity index is 401. The Kier molecular flexibility index (Phi) is 4.33. The van der Waals surface area contributed by atoms with E-state index in [2.05, 4.69) is 15.4 Å². The highest BCUT2D eigenvalue weighted by molar-refractivity contribution is 5.82. The van der Waals surface area contributed by atoms with Gasteiger partial charge in [0.2, 0.25) is 5.91 Å². The predicted molar refractivity (Wildman–Crippen MR) is 77.8 cm³/mol. The van der Waals surface area contributed by atoms with Gasteiger partial charge in [0.1, 0.15) is 0 Å². The lowest BCUT2D eigenvalue weighted by Gasteiger charge is -2.24. The van der Waals surface area contributed by atoms with Crippen molar-refractivity contribution < 1.29 is 14.3 Å². The lowest BCUT2D eigenvalue weighted by atomic mass is 9.85. The molecule has 2 saturated heterocycles. The molecule has 1 saturated carbocycles. The van der Waals surface area contributed by atoms with Gasteiger partial charge in [-0.2, -0.15) is 0 Å². The first-order chi connectivity index (χ1) is 10.2. The van der Waals surface area contributed by atoms with Crippen LogP contribution in [0.25, 0.3) is 0 Å². The zero-order chi connectivity index (χ0) is 14.8. The molecule has 4 unspecified atom stereocenters. The van der Waals surface area contributed by atoms with Gasteiger partial charge in [0, 0.05) is 19.1 Å². The Morgan fingerprint density at radius 1 is 1.24 bits per heavy atom. The number of carbonyl (C=O) groups is 2. The summed E-state index contributed by atoms with van der Waals surface area (Å²) >= 11 is 0. The highest BCUT2D eigenvalue weighted by atomic mass is 16.5. The fraction of sp³-hybridized carbons (Fsp3) is 0.867. The summed E-state index contributed by atoms with van der Waals surface area (Å²) in [6.45, 7) is 1.32. The maximum absolute atomic E-state index is 12.6. The summed E-state index contributed by atoms with van der Waals surface area (Å²) in [6.07, 6.45) is 6.42. The highest BCUT2D eigenvalue weighted by Gasteiger charge is 2.41. The lowest BCUT2D eigenvalue weighted by molar-refractivity contribution is -0.132. The summed E-state index contributed by atoms with van der Waals surface area (Å²) in [5, 5.41) is 6.31. The molecule has 0 spiro atoms. The molecule has 2 N–H and O–H groups in total. The van der Waals surface area contributed by atoms with Gasteiger partial charge in [-0.15, -0.1) is 0 Å². The van der Waals surface area contributed by atoms with Crippen molar-refractivity contribution in [3.05, 3.63) is 0 Å². The van der Waals surface area contributed by atoms with Crippen LogP contribution in [0.15, 0.2) is 0 Å². The van der Waals surface area contributed by atoms with E-state index in [-0.39, 0.29) is 18.0 Å². The molecule has 118 valence electrons. The van der Waals surface area contributed by atoms with Crippen molar-refractivity contribution in [1.29, 1.82) is 0 Å². The summed E-state index contributed by atoms with van der Waals surface area (Å²) in [6, 6.07) is 0.541. The largest absolute Gasteiger partial charge is 0.453 e.